The van der Waals surface area contributed by atoms with E-state index in [1.165, 1.54) is 36.4 Å². The maximum atomic E-state index is 8.21. The molecule has 2 aliphatic rings. The SMILES string of the molecule is [2H]C1([2H])N(c2cccc(Oc3cccc(N4C([2H])([2H])C([2H])([2H])C([2H])([2H])C4([2H])[2H])c3)c2)C([2H])([2H])C([2H])([2H])C1([2H])[2H]. The Bertz CT molecular complexity index is 1140. The second-order valence-corrected chi connectivity index (χ2v) is 4.71. The second kappa shape index (κ2) is 6.53. The Hall–Kier alpha value is -2.16. The van der Waals surface area contributed by atoms with E-state index >= 15 is 0 Å². The highest BCUT2D eigenvalue weighted by atomic mass is 16.5. The number of benzene rings is 2. The first-order valence-corrected chi connectivity index (χ1v) is 6.89. The molecule has 2 aromatic rings. The van der Waals surface area contributed by atoms with Crippen LogP contribution in [0.3, 0.4) is 0 Å². The zero-order valence-corrected chi connectivity index (χ0v) is 11.9. The highest BCUT2D eigenvalue weighted by Crippen LogP contribution is 2.30. The summed E-state index contributed by atoms with van der Waals surface area (Å²) in [5, 5.41) is 0. The number of anilines is 2. The highest BCUT2D eigenvalue weighted by Gasteiger charge is 2.14. The van der Waals surface area contributed by atoms with E-state index in [-0.39, 0.29) is 22.9 Å². The molecule has 0 atom stereocenters. The first-order valence-electron chi connectivity index (χ1n) is 14.9. The predicted octanol–water partition coefficient (Wildman–Crippen LogP) is 4.68. The first kappa shape index (κ1) is 5.17. The molecule has 2 heterocycles. The molecule has 4 rings (SSSR count). The summed E-state index contributed by atoms with van der Waals surface area (Å²) in [6, 6.07) is 10.2. The van der Waals surface area contributed by atoms with Crippen LogP contribution < -0.4 is 14.5 Å². The molecule has 0 radical (unpaired) electrons. The molecular formula is C20H24N2O. The number of hydrogen-bond acceptors (Lipinski definition) is 3. The summed E-state index contributed by atoms with van der Waals surface area (Å²) in [6.45, 7) is -12.4. The molecule has 3 heteroatoms. The molecule has 0 aromatic heterocycles. The third kappa shape index (κ3) is 3.29. The molecule has 3 nitrogen and oxygen atoms in total. The van der Waals surface area contributed by atoms with Gasteiger partial charge < -0.3 is 14.5 Å². The number of nitrogens with zero attached hydrogens (tertiary/aromatic N) is 2. The lowest BCUT2D eigenvalue weighted by Crippen LogP contribution is -2.17. The largest absolute Gasteiger partial charge is 0.457 e. The predicted molar refractivity (Wildman–Crippen MR) is 95.9 cm³/mol. The quantitative estimate of drug-likeness (QED) is 0.812. The van der Waals surface area contributed by atoms with E-state index < -0.39 is 51.5 Å². The highest BCUT2D eigenvalue weighted by molar-refractivity contribution is 5.54. The Kier molecular flexibility index (Phi) is 1.47. The van der Waals surface area contributed by atoms with Crippen LogP contribution in [0.2, 0.25) is 0 Å². The van der Waals surface area contributed by atoms with Crippen LogP contribution in [-0.2, 0) is 0 Å². The Labute approximate surface area is 161 Å². The first-order chi connectivity index (χ1) is 17.4. The van der Waals surface area contributed by atoms with Crippen LogP contribution in [0.25, 0.3) is 0 Å². The van der Waals surface area contributed by atoms with Crippen molar-refractivity contribution in [1.29, 1.82) is 0 Å². The number of hydrogen-bond donors (Lipinski definition) is 0. The zero-order valence-electron chi connectivity index (χ0n) is 27.9. The third-order valence-corrected chi connectivity index (χ3v) is 3.18. The van der Waals surface area contributed by atoms with Crippen molar-refractivity contribution >= 4 is 11.4 Å². The van der Waals surface area contributed by atoms with E-state index in [1.807, 2.05) is 0 Å². The normalized spacial score (nSPS) is 45.6. The molecule has 0 saturated carbocycles. The van der Waals surface area contributed by atoms with Crippen LogP contribution in [0.5, 0.6) is 11.5 Å². The van der Waals surface area contributed by atoms with Crippen LogP contribution in [0, 0.1) is 0 Å². The van der Waals surface area contributed by atoms with Gasteiger partial charge in [0.05, 0.1) is 0 Å². The molecule has 2 saturated heterocycles. The molecule has 23 heavy (non-hydrogen) atoms. The summed E-state index contributed by atoms with van der Waals surface area (Å²) in [4.78, 5) is 0.724. The van der Waals surface area contributed by atoms with Gasteiger partial charge in [0, 0.05) is 71.4 Å². The molecule has 0 bridgehead atoms. The standard InChI is InChI=1S/C20H24N2O/c1-2-12-21(11-1)17-7-5-9-19(15-17)23-20-10-6-8-18(16-20)22-13-3-4-14-22/h5-10,15-16H,1-4,11-14H2/i1D2,2D2,3D2,4D2,11D2,12D2,13D2,14D2. The van der Waals surface area contributed by atoms with Crippen molar-refractivity contribution in [2.45, 2.75) is 25.5 Å². The molecule has 0 N–H and O–H groups in total. The molecule has 0 amide bonds. The summed E-state index contributed by atoms with van der Waals surface area (Å²) >= 11 is 0. The smallest absolute Gasteiger partial charge is 0.129 e. The Morgan fingerprint density at radius 2 is 1.13 bits per heavy atom. The van der Waals surface area contributed by atoms with Gasteiger partial charge in [0.2, 0.25) is 0 Å². The van der Waals surface area contributed by atoms with Gasteiger partial charge >= 0.3 is 0 Å². The number of rotatable bonds is 4. The third-order valence-electron chi connectivity index (χ3n) is 3.18. The molecule has 0 unspecified atom stereocenters. The lowest BCUT2D eigenvalue weighted by Gasteiger charge is -2.19. The van der Waals surface area contributed by atoms with Gasteiger partial charge in [-0.25, -0.2) is 0 Å². The Balaban J connectivity index is 1.72. The van der Waals surface area contributed by atoms with Gasteiger partial charge in [0.1, 0.15) is 11.5 Å². The van der Waals surface area contributed by atoms with Crippen molar-refractivity contribution in [3.8, 4) is 11.5 Å². The average molecular weight is 325 g/mol. The molecule has 0 aliphatic carbocycles. The lowest BCUT2D eigenvalue weighted by atomic mass is 10.2. The van der Waals surface area contributed by atoms with Gasteiger partial charge in [-0.15, -0.1) is 0 Å². The minimum absolute atomic E-state index is 0.0395. The average Bonchev–Trinajstić information content (AvgIpc) is 2.89. The van der Waals surface area contributed by atoms with Gasteiger partial charge in [-0.05, 0) is 49.8 Å². The van der Waals surface area contributed by atoms with E-state index in [2.05, 4.69) is 0 Å². The van der Waals surface area contributed by atoms with Crippen LogP contribution >= 0.6 is 0 Å². The lowest BCUT2D eigenvalue weighted by molar-refractivity contribution is 0.482. The van der Waals surface area contributed by atoms with E-state index in [4.69, 9.17) is 26.7 Å². The fraction of sp³-hybridized carbons (Fsp3) is 0.400. The van der Waals surface area contributed by atoms with Crippen LogP contribution in [0.1, 0.15) is 47.4 Å². The maximum Gasteiger partial charge on any atom is 0.129 e. The summed E-state index contributed by atoms with van der Waals surface area (Å²) in [7, 11) is 0. The fourth-order valence-corrected chi connectivity index (χ4v) is 2.16. The van der Waals surface area contributed by atoms with E-state index in [0.717, 1.165) is 12.1 Å². The second-order valence-electron chi connectivity index (χ2n) is 4.71. The van der Waals surface area contributed by atoms with Crippen molar-refractivity contribution in [3.63, 3.8) is 0 Å². The molecule has 0 spiro atoms. The van der Waals surface area contributed by atoms with Crippen molar-refractivity contribution in [2.24, 2.45) is 0 Å². The molecule has 2 aliphatic heterocycles. The monoisotopic (exact) mass is 324 g/mol. The van der Waals surface area contributed by atoms with Crippen molar-refractivity contribution in [1.82, 2.24) is 0 Å². The zero-order chi connectivity index (χ0) is 29.8. The van der Waals surface area contributed by atoms with Crippen molar-refractivity contribution in [2.75, 3.05) is 35.8 Å². The fourth-order valence-electron chi connectivity index (χ4n) is 2.16. The van der Waals surface area contributed by atoms with Gasteiger partial charge in [-0.2, -0.15) is 0 Å². The molecular weight excluding hydrogens is 284 g/mol. The Morgan fingerprint density at radius 3 is 1.57 bits per heavy atom. The maximum absolute atomic E-state index is 8.21. The van der Waals surface area contributed by atoms with Gasteiger partial charge in [0.25, 0.3) is 0 Å². The van der Waals surface area contributed by atoms with Crippen LogP contribution in [0.15, 0.2) is 48.5 Å². The van der Waals surface area contributed by atoms with E-state index in [0.29, 0.717) is 9.80 Å². The minimum atomic E-state index is -3.24. The minimum Gasteiger partial charge on any atom is -0.457 e. The van der Waals surface area contributed by atoms with E-state index in [9.17, 15) is 0 Å². The van der Waals surface area contributed by atoms with E-state index in [1.54, 1.807) is 0 Å². The molecule has 2 fully saturated rings. The molecule has 2 aromatic carbocycles. The van der Waals surface area contributed by atoms with Gasteiger partial charge in [0.15, 0.2) is 0 Å². The van der Waals surface area contributed by atoms with Gasteiger partial charge in [-0.1, -0.05) is 12.1 Å². The number of ether oxygens (including phenoxy) is 1. The molecule has 120 valence electrons. The topological polar surface area (TPSA) is 15.7 Å². The Morgan fingerprint density at radius 1 is 0.696 bits per heavy atom. The summed E-state index contributed by atoms with van der Waals surface area (Å²) in [6.07, 6.45) is -13.0. The van der Waals surface area contributed by atoms with Crippen molar-refractivity contribution in [3.05, 3.63) is 48.5 Å². The van der Waals surface area contributed by atoms with Gasteiger partial charge in [-0.3, -0.25) is 0 Å². The summed E-state index contributed by atoms with van der Waals surface area (Å²) in [5.41, 5.74) is -0.477. The van der Waals surface area contributed by atoms with Crippen LogP contribution in [0.4, 0.5) is 11.4 Å². The van der Waals surface area contributed by atoms with Crippen LogP contribution in [-0.4, -0.2) is 26.0 Å². The summed E-state index contributed by atoms with van der Waals surface area (Å²) < 4.78 is 135. The summed E-state index contributed by atoms with van der Waals surface area (Å²) in [5.74, 6) is -0.0789. The van der Waals surface area contributed by atoms with Crippen molar-refractivity contribution < 1.29 is 26.7 Å².